The third-order valence-electron chi connectivity index (χ3n) is 6.65. The highest BCUT2D eigenvalue weighted by Crippen LogP contribution is 2.43. The first-order valence-electron chi connectivity index (χ1n) is 12.3. The lowest BCUT2D eigenvalue weighted by Crippen LogP contribution is -2.40. The number of carbonyl (C=O) groups excluding carboxylic acids is 1. The van der Waals surface area contributed by atoms with Crippen LogP contribution in [0, 0.1) is 0 Å². The van der Waals surface area contributed by atoms with Gasteiger partial charge in [0.05, 0.1) is 18.7 Å². The van der Waals surface area contributed by atoms with Crippen molar-refractivity contribution in [1.82, 2.24) is 5.09 Å². The van der Waals surface area contributed by atoms with Crippen molar-refractivity contribution in [3.63, 3.8) is 0 Å². The van der Waals surface area contributed by atoms with E-state index in [0.717, 1.165) is 10.8 Å². The van der Waals surface area contributed by atoms with Gasteiger partial charge >= 0.3 is 0 Å². The van der Waals surface area contributed by atoms with Crippen LogP contribution in [0.1, 0.15) is 22.0 Å². The molecule has 38 heavy (non-hydrogen) atoms. The van der Waals surface area contributed by atoms with Gasteiger partial charge in [0, 0.05) is 10.6 Å². The number of aliphatic hydroxyl groups excluding tert-OH is 1. The first-order chi connectivity index (χ1) is 18.5. The van der Waals surface area contributed by atoms with Crippen molar-refractivity contribution in [3.05, 3.63) is 139 Å². The Kier molecular flexibility index (Phi) is 7.52. The number of hydrogen-bond acceptors (Lipinski definition) is 4. The maximum Gasteiger partial charge on any atom is 0.205 e. The molecular formula is C32H28NO4P. The molecule has 0 aromatic heterocycles. The Morgan fingerprint density at radius 3 is 1.92 bits per heavy atom. The number of para-hydroxylation sites is 1. The van der Waals surface area contributed by atoms with E-state index >= 15 is 0 Å². The van der Waals surface area contributed by atoms with Crippen LogP contribution in [0.25, 0.3) is 10.8 Å². The molecule has 6 heteroatoms. The third-order valence-corrected chi connectivity index (χ3v) is 9.34. The van der Waals surface area contributed by atoms with E-state index in [2.05, 4.69) is 5.09 Å². The molecule has 0 amide bonds. The molecule has 5 aromatic carbocycles. The van der Waals surface area contributed by atoms with Gasteiger partial charge in [0.25, 0.3) is 0 Å². The van der Waals surface area contributed by atoms with Crippen LogP contribution in [0.2, 0.25) is 0 Å². The molecule has 0 aliphatic carbocycles. The smallest absolute Gasteiger partial charge is 0.205 e. The molecule has 190 valence electrons. The molecule has 0 spiro atoms. The number of carbonyl (C=O) groups is 1. The Bertz CT molecular complexity index is 1560. The lowest BCUT2D eigenvalue weighted by Gasteiger charge is -2.30. The SMILES string of the molecule is COc1ccccc1C(=O)[C@H](O)[C@H](NP(=O)(c1ccccc1)c1ccccc1)c1ccc2ccccc2c1. The van der Waals surface area contributed by atoms with Gasteiger partial charge in [-0.25, -0.2) is 5.09 Å². The van der Waals surface area contributed by atoms with Gasteiger partial charge in [0.2, 0.25) is 7.29 Å². The number of rotatable bonds is 9. The van der Waals surface area contributed by atoms with E-state index in [1.807, 2.05) is 78.9 Å². The fourth-order valence-electron chi connectivity index (χ4n) is 4.66. The molecule has 0 radical (unpaired) electrons. The number of ketones is 1. The topological polar surface area (TPSA) is 75.6 Å². The molecule has 2 atom stereocenters. The molecule has 0 saturated carbocycles. The van der Waals surface area contributed by atoms with Gasteiger partial charge in [-0.3, -0.25) is 9.36 Å². The van der Waals surface area contributed by atoms with Crippen molar-refractivity contribution in [1.29, 1.82) is 0 Å². The lowest BCUT2D eigenvalue weighted by atomic mass is 9.94. The average Bonchev–Trinajstić information content (AvgIpc) is 2.99. The zero-order valence-electron chi connectivity index (χ0n) is 20.9. The number of fused-ring (bicyclic) bond motifs is 1. The van der Waals surface area contributed by atoms with Gasteiger partial charge < -0.3 is 9.84 Å². The van der Waals surface area contributed by atoms with E-state index in [4.69, 9.17) is 4.74 Å². The van der Waals surface area contributed by atoms with E-state index in [1.165, 1.54) is 7.11 Å². The van der Waals surface area contributed by atoms with Crippen molar-refractivity contribution in [2.75, 3.05) is 7.11 Å². The molecule has 5 aromatic rings. The van der Waals surface area contributed by atoms with Crippen molar-refractivity contribution in [2.24, 2.45) is 0 Å². The molecule has 2 N–H and O–H groups in total. The van der Waals surface area contributed by atoms with Crippen molar-refractivity contribution in [2.45, 2.75) is 12.1 Å². The Hall–Kier alpha value is -4.02. The van der Waals surface area contributed by atoms with E-state index in [1.54, 1.807) is 48.5 Å². The highest BCUT2D eigenvalue weighted by Gasteiger charge is 2.37. The molecule has 0 bridgehead atoms. The number of hydrogen-bond donors (Lipinski definition) is 2. The Labute approximate surface area is 222 Å². The monoisotopic (exact) mass is 521 g/mol. The maximum atomic E-state index is 14.9. The number of nitrogens with one attached hydrogen (secondary N) is 1. The Balaban J connectivity index is 1.66. The van der Waals surface area contributed by atoms with E-state index in [9.17, 15) is 14.5 Å². The van der Waals surface area contributed by atoms with Gasteiger partial charge in [-0.1, -0.05) is 84.9 Å². The third kappa shape index (κ3) is 5.05. The zero-order chi connectivity index (χ0) is 26.5. The van der Waals surface area contributed by atoms with Crippen LogP contribution >= 0.6 is 7.29 Å². The molecule has 0 heterocycles. The summed E-state index contributed by atoms with van der Waals surface area (Å²) in [6.45, 7) is 0. The largest absolute Gasteiger partial charge is 0.496 e. The van der Waals surface area contributed by atoms with E-state index < -0.39 is 25.2 Å². The second-order valence-corrected chi connectivity index (χ2v) is 11.5. The van der Waals surface area contributed by atoms with E-state index in [-0.39, 0.29) is 5.56 Å². The molecule has 0 unspecified atom stereocenters. The molecule has 0 aliphatic rings. The Morgan fingerprint density at radius 1 is 0.737 bits per heavy atom. The second kappa shape index (κ2) is 11.2. The summed E-state index contributed by atoms with van der Waals surface area (Å²) in [6.07, 6.45) is -1.55. The lowest BCUT2D eigenvalue weighted by molar-refractivity contribution is 0.0676. The van der Waals surface area contributed by atoms with Crippen molar-refractivity contribution in [3.8, 4) is 5.75 Å². The van der Waals surface area contributed by atoms with Gasteiger partial charge in [-0.2, -0.15) is 0 Å². The molecular weight excluding hydrogens is 493 g/mol. The summed E-state index contributed by atoms with van der Waals surface area (Å²) in [4.78, 5) is 13.7. The summed E-state index contributed by atoms with van der Waals surface area (Å²) in [5.74, 6) is -0.163. The predicted octanol–water partition coefficient (Wildman–Crippen LogP) is 5.65. The number of Topliss-reactive ketones (excluding diaryl/α,β-unsaturated/α-hetero) is 1. The van der Waals surface area contributed by atoms with Gasteiger partial charge in [0.1, 0.15) is 11.9 Å². The normalized spacial score (nSPS) is 13.1. The Morgan fingerprint density at radius 2 is 1.29 bits per heavy atom. The molecule has 5 nitrogen and oxygen atoms in total. The number of benzene rings is 5. The summed E-state index contributed by atoms with van der Waals surface area (Å²) >= 11 is 0. The summed E-state index contributed by atoms with van der Waals surface area (Å²) in [7, 11) is -2.02. The van der Waals surface area contributed by atoms with Crippen LogP contribution in [0.5, 0.6) is 5.75 Å². The number of ether oxygens (including phenoxy) is 1. The minimum Gasteiger partial charge on any atom is -0.496 e. The van der Waals surface area contributed by atoms with Gasteiger partial charge in [0.15, 0.2) is 5.78 Å². The summed E-state index contributed by atoms with van der Waals surface area (Å²) < 4.78 is 20.3. The van der Waals surface area contributed by atoms with Crippen molar-refractivity contribution < 1.29 is 19.2 Å². The van der Waals surface area contributed by atoms with Crippen LogP contribution in [0.15, 0.2) is 127 Å². The highest BCUT2D eigenvalue weighted by molar-refractivity contribution is 7.76. The summed E-state index contributed by atoms with van der Waals surface area (Å²) in [5.41, 5.74) is 0.899. The first kappa shape index (κ1) is 25.6. The van der Waals surface area contributed by atoms with Crippen molar-refractivity contribution >= 4 is 34.5 Å². The number of methoxy groups -OCH3 is 1. The second-order valence-electron chi connectivity index (χ2n) is 9.00. The van der Waals surface area contributed by atoms with Crippen LogP contribution < -0.4 is 20.4 Å². The minimum absolute atomic E-state index is 0.254. The average molecular weight is 522 g/mol. The standard InChI is InChI=1S/C32H28NO4P/c1-37-29-19-11-10-18-28(29)31(34)32(35)30(25-21-20-23-12-8-9-13-24(23)22-25)33-38(36,26-14-4-2-5-15-26)27-16-6-3-7-17-27/h2-22,30,32,35H,1H3,(H,33,36)/t30-,32-/m1/s1. The summed E-state index contributed by atoms with van der Waals surface area (Å²) in [5, 5.41) is 18.0. The minimum atomic E-state index is -3.50. The number of aliphatic hydroxyl groups is 1. The molecule has 5 rings (SSSR count). The van der Waals surface area contributed by atoms with Crippen LogP contribution in [-0.4, -0.2) is 24.1 Å². The van der Waals surface area contributed by atoms with Gasteiger partial charge in [-0.15, -0.1) is 0 Å². The molecule has 0 aliphatic heterocycles. The fraction of sp³-hybridized carbons (Fsp3) is 0.0938. The molecule has 0 fully saturated rings. The van der Waals surface area contributed by atoms with Crippen LogP contribution in [0.3, 0.4) is 0 Å². The predicted molar refractivity (Wildman–Crippen MR) is 153 cm³/mol. The maximum absolute atomic E-state index is 14.9. The first-order valence-corrected chi connectivity index (χ1v) is 14.0. The van der Waals surface area contributed by atoms with Crippen LogP contribution in [0.4, 0.5) is 0 Å². The zero-order valence-corrected chi connectivity index (χ0v) is 21.8. The van der Waals surface area contributed by atoms with E-state index in [0.29, 0.717) is 21.9 Å². The van der Waals surface area contributed by atoms with Crippen LogP contribution in [-0.2, 0) is 4.57 Å². The van der Waals surface area contributed by atoms with Gasteiger partial charge in [-0.05, 0) is 58.8 Å². The highest BCUT2D eigenvalue weighted by atomic mass is 31.2. The summed E-state index contributed by atoms with van der Waals surface area (Å²) in [6, 6.07) is 37.6. The quantitative estimate of drug-likeness (QED) is 0.194. The molecule has 0 saturated heterocycles. The fourth-order valence-corrected chi connectivity index (χ4v) is 7.12.